The Balaban J connectivity index is 1.26. The SMILES string of the molecule is CCCCC/C=C\C/C=C\CCCCCCCCC(=O)[C@H]1CCC2C(=CCCC2CC[C@@]2(C)CCC[C@@H]2[C@H](C)CCCC(C)C)C1. The maximum atomic E-state index is 13.2. The Labute approximate surface area is 288 Å². The van der Waals surface area contributed by atoms with E-state index in [1.165, 1.54) is 135 Å². The Morgan fingerprint density at radius 1 is 0.848 bits per heavy atom. The number of carbonyl (C=O) groups excluding carboxylic acids is 1. The van der Waals surface area contributed by atoms with Crippen molar-refractivity contribution in [1.82, 2.24) is 0 Å². The molecule has 0 spiro atoms. The van der Waals surface area contributed by atoms with Crippen molar-refractivity contribution in [2.75, 3.05) is 0 Å². The second kappa shape index (κ2) is 22.5. The van der Waals surface area contributed by atoms with Crippen LogP contribution < -0.4 is 0 Å². The molecule has 6 atom stereocenters. The average molecular weight is 635 g/mol. The maximum Gasteiger partial charge on any atom is 0.136 e. The standard InChI is InChI=1S/C45H78O/c1-6-7-8-9-10-11-12-13-14-15-16-17-18-19-20-21-30-44(46)41-31-32-42-39(27-23-28-40(42)36-41)33-35-45(5)34-24-29-43(45)38(4)26-22-25-37(2)3/h10-11,13-14,28,37-39,41-43H,6-9,12,15-27,29-36H2,1-5H3/b11-10-,14-13-/t38-,39?,41+,42?,43-,45-/m1/s1. The lowest BCUT2D eigenvalue weighted by Crippen LogP contribution is -2.32. The molecule has 0 aromatic rings. The van der Waals surface area contributed by atoms with Gasteiger partial charge in [0.25, 0.3) is 0 Å². The van der Waals surface area contributed by atoms with E-state index in [-0.39, 0.29) is 0 Å². The van der Waals surface area contributed by atoms with E-state index in [9.17, 15) is 4.79 Å². The summed E-state index contributed by atoms with van der Waals surface area (Å²) in [6.45, 7) is 12.2. The van der Waals surface area contributed by atoms with Crippen molar-refractivity contribution in [1.29, 1.82) is 0 Å². The number of fused-ring (bicyclic) bond motifs is 1. The van der Waals surface area contributed by atoms with Gasteiger partial charge in [-0.1, -0.05) is 135 Å². The first-order chi connectivity index (χ1) is 22.3. The van der Waals surface area contributed by atoms with Crippen molar-refractivity contribution in [2.24, 2.45) is 40.9 Å². The van der Waals surface area contributed by atoms with Gasteiger partial charge in [-0.05, 0) is 131 Å². The smallest absolute Gasteiger partial charge is 0.136 e. The van der Waals surface area contributed by atoms with Gasteiger partial charge in [0.2, 0.25) is 0 Å². The van der Waals surface area contributed by atoms with Crippen LogP contribution in [0.5, 0.6) is 0 Å². The molecule has 1 nitrogen and oxygen atoms in total. The van der Waals surface area contributed by atoms with Crippen molar-refractivity contribution >= 4 is 5.78 Å². The van der Waals surface area contributed by atoms with Crippen LogP contribution >= 0.6 is 0 Å². The Morgan fingerprint density at radius 3 is 2.30 bits per heavy atom. The molecule has 46 heavy (non-hydrogen) atoms. The molecule has 0 heterocycles. The van der Waals surface area contributed by atoms with Gasteiger partial charge in [-0.15, -0.1) is 0 Å². The number of rotatable bonds is 24. The van der Waals surface area contributed by atoms with Gasteiger partial charge >= 0.3 is 0 Å². The molecule has 0 saturated heterocycles. The van der Waals surface area contributed by atoms with Gasteiger partial charge in [-0.2, -0.15) is 0 Å². The topological polar surface area (TPSA) is 17.1 Å². The number of allylic oxidation sites excluding steroid dienone is 6. The molecule has 0 amide bonds. The van der Waals surface area contributed by atoms with E-state index in [2.05, 4.69) is 65.0 Å². The number of carbonyl (C=O) groups is 1. The lowest BCUT2D eigenvalue weighted by atomic mass is 9.63. The Hall–Kier alpha value is -1.11. The predicted molar refractivity (Wildman–Crippen MR) is 203 cm³/mol. The number of ketones is 1. The molecular weight excluding hydrogens is 556 g/mol. The summed E-state index contributed by atoms with van der Waals surface area (Å²) < 4.78 is 0. The van der Waals surface area contributed by atoms with Gasteiger partial charge in [-0.3, -0.25) is 4.79 Å². The van der Waals surface area contributed by atoms with Crippen molar-refractivity contribution < 1.29 is 4.79 Å². The van der Waals surface area contributed by atoms with Gasteiger partial charge in [0.15, 0.2) is 0 Å². The lowest BCUT2D eigenvalue weighted by molar-refractivity contribution is -0.123. The van der Waals surface area contributed by atoms with Crippen LogP contribution in [0.2, 0.25) is 0 Å². The molecule has 3 aliphatic carbocycles. The number of hydrogen-bond donors (Lipinski definition) is 0. The normalized spacial score (nSPS) is 27.5. The number of Topliss-reactive ketones (excluding diaryl/α,β-unsaturated/α-hetero) is 1. The highest BCUT2D eigenvalue weighted by Crippen LogP contribution is 2.53. The van der Waals surface area contributed by atoms with Crippen LogP contribution in [0.1, 0.15) is 202 Å². The minimum Gasteiger partial charge on any atom is -0.299 e. The largest absolute Gasteiger partial charge is 0.299 e. The minimum absolute atomic E-state index is 0.322. The fourth-order valence-electron chi connectivity index (χ4n) is 9.78. The molecule has 0 N–H and O–H groups in total. The molecule has 2 unspecified atom stereocenters. The third-order valence-electron chi connectivity index (χ3n) is 12.7. The van der Waals surface area contributed by atoms with Crippen LogP contribution in [0.25, 0.3) is 0 Å². The van der Waals surface area contributed by atoms with Crippen LogP contribution in [0.3, 0.4) is 0 Å². The van der Waals surface area contributed by atoms with Crippen LogP contribution in [0, 0.1) is 40.9 Å². The van der Waals surface area contributed by atoms with Crippen molar-refractivity contribution in [3.05, 3.63) is 36.0 Å². The van der Waals surface area contributed by atoms with E-state index in [0.717, 1.165) is 61.7 Å². The zero-order valence-corrected chi connectivity index (χ0v) is 31.6. The van der Waals surface area contributed by atoms with Crippen LogP contribution in [0.4, 0.5) is 0 Å². The monoisotopic (exact) mass is 635 g/mol. The first-order valence-electron chi connectivity index (χ1n) is 20.9. The first-order valence-corrected chi connectivity index (χ1v) is 20.9. The quantitative estimate of drug-likeness (QED) is 0.0762. The van der Waals surface area contributed by atoms with E-state index < -0.39 is 0 Å². The third kappa shape index (κ3) is 14.2. The maximum absolute atomic E-state index is 13.2. The van der Waals surface area contributed by atoms with E-state index in [0.29, 0.717) is 17.1 Å². The van der Waals surface area contributed by atoms with Gasteiger partial charge in [0.05, 0.1) is 0 Å². The molecule has 0 bridgehead atoms. The molecule has 1 heteroatoms. The Kier molecular flexibility index (Phi) is 19.2. The van der Waals surface area contributed by atoms with Crippen molar-refractivity contribution in [3.8, 4) is 0 Å². The van der Waals surface area contributed by atoms with Gasteiger partial charge < -0.3 is 0 Å². The molecule has 0 radical (unpaired) electrons. The van der Waals surface area contributed by atoms with Gasteiger partial charge in [0, 0.05) is 12.3 Å². The Bertz CT molecular complexity index is 906. The van der Waals surface area contributed by atoms with E-state index >= 15 is 0 Å². The van der Waals surface area contributed by atoms with Crippen LogP contribution in [-0.4, -0.2) is 5.78 Å². The molecular formula is C45H78O. The zero-order valence-electron chi connectivity index (χ0n) is 31.6. The molecule has 2 fully saturated rings. The van der Waals surface area contributed by atoms with Crippen molar-refractivity contribution in [3.63, 3.8) is 0 Å². The summed E-state index contributed by atoms with van der Waals surface area (Å²) in [5, 5.41) is 0. The molecule has 264 valence electrons. The molecule has 0 aliphatic heterocycles. The summed E-state index contributed by atoms with van der Waals surface area (Å²) in [6, 6.07) is 0. The molecule has 2 saturated carbocycles. The van der Waals surface area contributed by atoms with Gasteiger partial charge in [-0.25, -0.2) is 0 Å². The summed E-state index contributed by atoms with van der Waals surface area (Å²) in [6.07, 6.45) is 45.6. The van der Waals surface area contributed by atoms with Crippen molar-refractivity contribution in [2.45, 2.75) is 202 Å². The molecule has 3 rings (SSSR count). The van der Waals surface area contributed by atoms with E-state index in [4.69, 9.17) is 0 Å². The number of hydrogen-bond acceptors (Lipinski definition) is 1. The summed E-state index contributed by atoms with van der Waals surface area (Å²) in [4.78, 5) is 13.2. The molecule has 0 aromatic carbocycles. The zero-order chi connectivity index (χ0) is 33.0. The fraction of sp³-hybridized carbons (Fsp3) is 0.844. The highest BCUT2D eigenvalue weighted by molar-refractivity contribution is 5.81. The Morgan fingerprint density at radius 2 is 1.57 bits per heavy atom. The minimum atomic E-state index is 0.322. The van der Waals surface area contributed by atoms with Crippen LogP contribution in [0.15, 0.2) is 36.0 Å². The lowest BCUT2D eigenvalue weighted by Gasteiger charge is -2.41. The summed E-state index contributed by atoms with van der Waals surface area (Å²) in [5.74, 6) is 5.23. The second-order valence-corrected chi connectivity index (χ2v) is 17.0. The second-order valence-electron chi connectivity index (χ2n) is 17.0. The van der Waals surface area contributed by atoms with E-state index in [1.807, 2.05) is 0 Å². The summed E-state index contributed by atoms with van der Waals surface area (Å²) >= 11 is 0. The van der Waals surface area contributed by atoms with E-state index in [1.54, 1.807) is 5.57 Å². The highest BCUT2D eigenvalue weighted by Gasteiger charge is 2.42. The fourth-order valence-corrected chi connectivity index (χ4v) is 9.78. The average Bonchev–Trinajstić information content (AvgIpc) is 3.44. The third-order valence-corrected chi connectivity index (χ3v) is 12.7. The summed E-state index contributed by atoms with van der Waals surface area (Å²) in [7, 11) is 0. The first kappa shape index (κ1) is 39.3. The number of unbranched alkanes of at least 4 members (excludes halogenated alkanes) is 9. The van der Waals surface area contributed by atoms with Crippen LogP contribution in [-0.2, 0) is 4.79 Å². The molecule has 0 aromatic heterocycles. The predicted octanol–water partition coefficient (Wildman–Crippen LogP) is 14.6. The summed E-state index contributed by atoms with van der Waals surface area (Å²) in [5.41, 5.74) is 2.25. The van der Waals surface area contributed by atoms with Gasteiger partial charge in [0.1, 0.15) is 5.78 Å². The molecule has 3 aliphatic rings. The highest BCUT2D eigenvalue weighted by atomic mass is 16.1.